The van der Waals surface area contributed by atoms with Gasteiger partial charge in [0.15, 0.2) is 0 Å². The molecule has 2 aliphatic heterocycles. The van der Waals surface area contributed by atoms with E-state index in [0.29, 0.717) is 6.61 Å². The van der Waals surface area contributed by atoms with E-state index in [1.165, 1.54) is 0 Å². The van der Waals surface area contributed by atoms with Gasteiger partial charge in [0.25, 0.3) is 5.97 Å². The first-order chi connectivity index (χ1) is 5.35. The zero-order valence-corrected chi connectivity index (χ0v) is 7.80. The van der Waals surface area contributed by atoms with Crippen molar-refractivity contribution in [3.63, 3.8) is 0 Å². The Bertz CT molecular complexity index is 145. The van der Waals surface area contributed by atoms with E-state index in [2.05, 4.69) is 15.9 Å². The number of halogens is 1. The Hall–Kier alpha value is 0.360. The molecule has 0 aliphatic carbocycles. The van der Waals surface area contributed by atoms with Crippen molar-refractivity contribution in [1.29, 1.82) is 0 Å². The van der Waals surface area contributed by atoms with Crippen LogP contribution in [0.5, 0.6) is 0 Å². The molecule has 2 rings (SSSR count). The maximum absolute atomic E-state index is 5.57. The molecule has 2 heterocycles. The molecule has 64 valence electrons. The second-order valence-corrected chi connectivity index (χ2v) is 3.49. The fraction of sp³-hybridized carbons (Fsp3) is 1.00. The molecular weight excluding hydrogens is 212 g/mol. The first kappa shape index (κ1) is 7.98. The summed E-state index contributed by atoms with van der Waals surface area (Å²) in [6, 6.07) is 0. The standard InChI is InChI=1S/C7H11BrO3/c8-4-6-5-10-7(11-6)2-1-3-9-7/h6H,1-5H2. The Labute approximate surface area is 74.1 Å². The molecule has 0 aromatic rings. The van der Waals surface area contributed by atoms with E-state index in [4.69, 9.17) is 14.2 Å². The molecule has 0 aromatic carbocycles. The van der Waals surface area contributed by atoms with Crippen LogP contribution in [-0.4, -0.2) is 30.6 Å². The van der Waals surface area contributed by atoms with Gasteiger partial charge in [0.05, 0.1) is 19.3 Å². The van der Waals surface area contributed by atoms with Crippen LogP contribution in [0.2, 0.25) is 0 Å². The molecule has 3 nitrogen and oxygen atoms in total. The maximum atomic E-state index is 5.57. The van der Waals surface area contributed by atoms with Crippen molar-refractivity contribution in [1.82, 2.24) is 0 Å². The Morgan fingerprint density at radius 3 is 2.91 bits per heavy atom. The lowest BCUT2D eigenvalue weighted by molar-refractivity contribution is -0.312. The molecule has 0 bridgehead atoms. The van der Waals surface area contributed by atoms with Crippen molar-refractivity contribution in [2.24, 2.45) is 0 Å². The van der Waals surface area contributed by atoms with Crippen LogP contribution in [0.3, 0.4) is 0 Å². The molecule has 0 radical (unpaired) electrons. The fourth-order valence-electron chi connectivity index (χ4n) is 1.41. The van der Waals surface area contributed by atoms with Gasteiger partial charge in [-0.3, -0.25) is 0 Å². The van der Waals surface area contributed by atoms with E-state index in [9.17, 15) is 0 Å². The van der Waals surface area contributed by atoms with Crippen molar-refractivity contribution >= 4 is 15.9 Å². The van der Waals surface area contributed by atoms with Gasteiger partial charge in [0, 0.05) is 11.8 Å². The number of hydrogen-bond acceptors (Lipinski definition) is 3. The lowest BCUT2D eigenvalue weighted by Crippen LogP contribution is -2.29. The summed E-state index contributed by atoms with van der Waals surface area (Å²) in [6.45, 7) is 1.40. The van der Waals surface area contributed by atoms with Gasteiger partial charge in [-0.05, 0) is 6.42 Å². The van der Waals surface area contributed by atoms with E-state index < -0.39 is 5.97 Å². The van der Waals surface area contributed by atoms with Gasteiger partial charge in [-0.2, -0.15) is 0 Å². The van der Waals surface area contributed by atoms with Gasteiger partial charge < -0.3 is 14.2 Å². The second kappa shape index (κ2) is 3.01. The van der Waals surface area contributed by atoms with Crippen molar-refractivity contribution in [3.8, 4) is 0 Å². The third kappa shape index (κ3) is 1.45. The van der Waals surface area contributed by atoms with E-state index in [1.54, 1.807) is 0 Å². The van der Waals surface area contributed by atoms with E-state index >= 15 is 0 Å². The molecule has 11 heavy (non-hydrogen) atoms. The first-order valence-electron chi connectivity index (χ1n) is 3.86. The minimum Gasteiger partial charge on any atom is -0.327 e. The summed E-state index contributed by atoms with van der Waals surface area (Å²) in [4.78, 5) is 0. The fourth-order valence-corrected chi connectivity index (χ4v) is 1.73. The van der Waals surface area contributed by atoms with Crippen molar-refractivity contribution in [2.45, 2.75) is 24.9 Å². The largest absolute Gasteiger partial charge is 0.327 e. The summed E-state index contributed by atoms with van der Waals surface area (Å²) in [5.41, 5.74) is 0. The minimum atomic E-state index is -0.668. The van der Waals surface area contributed by atoms with Crippen LogP contribution < -0.4 is 0 Å². The Morgan fingerprint density at radius 1 is 1.45 bits per heavy atom. The van der Waals surface area contributed by atoms with Crippen molar-refractivity contribution in [2.75, 3.05) is 18.5 Å². The summed E-state index contributed by atoms with van der Waals surface area (Å²) in [5, 5.41) is 0.818. The highest BCUT2D eigenvalue weighted by molar-refractivity contribution is 9.09. The monoisotopic (exact) mass is 222 g/mol. The number of ether oxygens (including phenoxy) is 3. The summed E-state index contributed by atoms with van der Waals surface area (Å²) < 4.78 is 16.4. The molecule has 0 aromatic heterocycles. The predicted octanol–water partition coefficient (Wildman–Crippen LogP) is 1.26. The highest BCUT2D eigenvalue weighted by atomic mass is 79.9. The van der Waals surface area contributed by atoms with E-state index in [1.807, 2.05) is 0 Å². The Morgan fingerprint density at radius 2 is 2.36 bits per heavy atom. The van der Waals surface area contributed by atoms with Crippen LogP contribution in [-0.2, 0) is 14.2 Å². The molecule has 2 fully saturated rings. The summed E-state index contributed by atoms with van der Waals surface area (Å²) in [5.74, 6) is -0.668. The molecule has 1 spiro atoms. The molecule has 0 amide bonds. The zero-order valence-electron chi connectivity index (χ0n) is 6.22. The zero-order chi connectivity index (χ0) is 7.73. The van der Waals surface area contributed by atoms with Gasteiger partial charge in [0.2, 0.25) is 0 Å². The van der Waals surface area contributed by atoms with Gasteiger partial charge in [-0.25, -0.2) is 0 Å². The van der Waals surface area contributed by atoms with Crippen molar-refractivity contribution in [3.05, 3.63) is 0 Å². The van der Waals surface area contributed by atoms with Crippen LogP contribution in [0.15, 0.2) is 0 Å². The number of alkyl halides is 1. The van der Waals surface area contributed by atoms with Gasteiger partial charge in [-0.15, -0.1) is 0 Å². The maximum Gasteiger partial charge on any atom is 0.283 e. The van der Waals surface area contributed by atoms with Gasteiger partial charge in [0.1, 0.15) is 0 Å². The van der Waals surface area contributed by atoms with Gasteiger partial charge >= 0.3 is 0 Å². The molecule has 2 saturated heterocycles. The summed E-state index contributed by atoms with van der Waals surface area (Å²) in [6.07, 6.45) is 2.07. The normalized spacial score (nSPS) is 43.9. The topological polar surface area (TPSA) is 27.7 Å². The average molecular weight is 223 g/mol. The molecular formula is C7H11BrO3. The summed E-state index contributed by atoms with van der Waals surface area (Å²) >= 11 is 3.35. The molecule has 2 atom stereocenters. The number of hydrogen-bond donors (Lipinski definition) is 0. The average Bonchev–Trinajstić information content (AvgIpc) is 2.62. The Balaban J connectivity index is 1.96. The third-order valence-electron chi connectivity index (χ3n) is 1.96. The van der Waals surface area contributed by atoms with Gasteiger partial charge in [-0.1, -0.05) is 15.9 Å². The first-order valence-corrected chi connectivity index (χ1v) is 4.98. The third-order valence-corrected chi connectivity index (χ3v) is 2.68. The predicted molar refractivity (Wildman–Crippen MR) is 42.5 cm³/mol. The highest BCUT2D eigenvalue weighted by Gasteiger charge is 2.45. The second-order valence-electron chi connectivity index (χ2n) is 2.84. The lowest BCUT2D eigenvalue weighted by Gasteiger charge is -2.20. The molecule has 4 heteroatoms. The smallest absolute Gasteiger partial charge is 0.283 e. The molecule has 2 aliphatic rings. The SMILES string of the molecule is BrCC1COC2(CCCO2)O1. The van der Waals surface area contributed by atoms with Crippen LogP contribution in [0.4, 0.5) is 0 Å². The molecule has 2 unspecified atom stereocenters. The highest BCUT2D eigenvalue weighted by Crippen LogP contribution is 2.34. The molecule has 0 saturated carbocycles. The quantitative estimate of drug-likeness (QED) is 0.626. The molecule has 0 N–H and O–H groups in total. The number of rotatable bonds is 1. The van der Waals surface area contributed by atoms with E-state index in [0.717, 1.165) is 24.8 Å². The van der Waals surface area contributed by atoms with Crippen LogP contribution in [0.1, 0.15) is 12.8 Å². The van der Waals surface area contributed by atoms with Crippen LogP contribution in [0, 0.1) is 0 Å². The summed E-state index contributed by atoms with van der Waals surface area (Å²) in [7, 11) is 0. The minimum absolute atomic E-state index is 0.160. The lowest BCUT2D eigenvalue weighted by atomic mass is 10.3. The van der Waals surface area contributed by atoms with Crippen LogP contribution >= 0.6 is 15.9 Å². The van der Waals surface area contributed by atoms with E-state index in [-0.39, 0.29) is 6.10 Å². The van der Waals surface area contributed by atoms with Crippen molar-refractivity contribution < 1.29 is 14.2 Å². The van der Waals surface area contributed by atoms with Crippen LogP contribution in [0.25, 0.3) is 0 Å². The Kier molecular flexibility index (Phi) is 2.19.